The number of nitrogens with two attached hydrogens (primary N) is 1. The highest BCUT2D eigenvalue weighted by molar-refractivity contribution is 4.82. The first-order valence-electron chi connectivity index (χ1n) is 5.49. The zero-order chi connectivity index (χ0) is 10.6. The normalized spacial score (nSPS) is 25.9. The Labute approximate surface area is 86.6 Å². The van der Waals surface area contributed by atoms with E-state index in [0.717, 1.165) is 32.6 Å². The molecule has 0 bridgehead atoms. The van der Waals surface area contributed by atoms with Crippen molar-refractivity contribution in [2.24, 2.45) is 11.8 Å². The summed E-state index contributed by atoms with van der Waals surface area (Å²) in [7, 11) is 0. The van der Waals surface area contributed by atoms with Gasteiger partial charge in [0.05, 0.1) is 0 Å². The van der Waals surface area contributed by atoms with E-state index in [1.54, 1.807) is 0 Å². The molecule has 1 saturated heterocycles. The van der Waals surface area contributed by atoms with E-state index in [1.807, 2.05) is 5.01 Å². The van der Waals surface area contributed by atoms with Crippen molar-refractivity contribution >= 4 is 0 Å². The Morgan fingerprint density at radius 1 is 1.43 bits per heavy atom. The fourth-order valence-corrected chi connectivity index (χ4v) is 2.05. The Morgan fingerprint density at radius 3 is 2.71 bits per heavy atom. The van der Waals surface area contributed by atoms with E-state index in [1.165, 1.54) is 0 Å². The summed E-state index contributed by atoms with van der Waals surface area (Å²) in [6.45, 7) is 8.66. The molecule has 1 fully saturated rings. The molecule has 0 saturated carbocycles. The van der Waals surface area contributed by atoms with Crippen LogP contribution in [-0.2, 0) is 0 Å². The quantitative estimate of drug-likeness (QED) is 0.623. The minimum absolute atomic E-state index is 0.285. The lowest BCUT2D eigenvalue weighted by Crippen LogP contribution is -2.57. The van der Waals surface area contributed by atoms with Gasteiger partial charge >= 0.3 is 0 Å². The number of rotatable bonds is 4. The van der Waals surface area contributed by atoms with Gasteiger partial charge in [-0.2, -0.15) is 0 Å². The molecular weight excluding hydrogens is 178 g/mol. The predicted molar refractivity (Wildman–Crippen MR) is 57.7 cm³/mol. The van der Waals surface area contributed by atoms with Crippen LogP contribution in [0.2, 0.25) is 0 Å². The average molecular weight is 201 g/mol. The summed E-state index contributed by atoms with van der Waals surface area (Å²) in [5.74, 6) is 6.44. The van der Waals surface area contributed by atoms with Crippen LogP contribution in [0.3, 0.4) is 0 Å². The fourth-order valence-electron chi connectivity index (χ4n) is 2.05. The molecule has 0 aromatic heterocycles. The molecule has 1 aliphatic heterocycles. The summed E-state index contributed by atoms with van der Waals surface area (Å²) < 4.78 is 0. The summed E-state index contributed by atoms with van der Waals surface area (Å²) >= 11 is 0. The van der Waals surface area contributed by atoms with E-state index in [4.69, 9.17) is 10.9 Å². The summed E-state index contributed by atoms with van der Waals surface area (Å²) in [5, 5.41) is 10.7. The Hall–Kier alpha value is -0.160. The topological polar surface area (TPSA) is 52.7 Å². The Bertz CT molecular complexity index is 161. The Morgan fingerprint density at radius 2 is 2.14 bits per heavy atom. The number of nitrogens with zero attached hydrogens (tertiary/aromatic N) is 2. The number of hydrogen-bond donors (Lipinski definition) is 2. The van der Waals surface area contributed by atoms with Gasteiger partial charge in [0.15, 0.2) is 0 Å². The molecule has 3 N–H and O–H groups in total. The molecule has 1 atom stereocenters. The highest BCUT2D eigenvalue weighted by Crippen LogP contribution is 2.15. The summed E-state index contributed by atoms with van der Waals surface area (Å²) in [6.07, 6.45) is 0.869. The van der Waals surface area contributed by atoms with Gasteiger partial charge in [0.25, 0.3) is 0 Å². The molecule has 1 aliphatic rings. The number of aliphatic hydroxyl groups excluding tert-OH is 1. The van der Waals surface area contributed by atoms with Gasteiger partial charge in [-0.15, -0.1) is 0 Å². The second-order valence-electron chi connectivity index (χ2n) is 4.42. The van der Waals surface area contributed by atoms with Crippen molar-refractivity contribution in [3.8, 4) is 0 Å². The number of hydrazine groups is 1. The smallest absolute Gasteiger partial charge is 0.0443 e. The zero-order valence-corrected chi connectivity index (χ0v) is 9.32. The van der Waals surface area contributed by atoms with Crippen LogP contribution in [0.5, 0.6) is 0 Å². The van der Waals surface area contributed by atoms with Gasteiger partial charge in [0.2, 0.25) is 0 Å². The molecule has 84 valence electrons. The van der Waals surface area contributed by atoms with Gasteiger partial charge in [0, 0.05) is 38.8 Å². The van der Waals surface area contributed by atoms with E-state index in [-0.39, 0.29) is 6.61 Å². The largest absolute Gasteiger partial charge is 0.396 e. The number of piperazine rings is 1. The van der Waals surface area contributed by atoms with Crippen molar-refractivity contribution in [2.75, 3.05) is 32.8 Å². The lowest BCUT2D eigenvalue weighted by atomic mass is 10.00. The van der Waals surface area contributed by atoms with Crippen LogP contribution in [0.25, 0.3) is 0 Å². The third-order valence-electron chi connectivity index (χ3n) is 2.94. The van der Waals surface area contributed by atoms with Crippen molar-refractivity contribution in [2.45, 2.75) is 26.3 Å². The molecule has 14 heavy (non-hydrogen) atoms. The minimum Gasteiger partial charge on any atom is -0.396 e. The molecule has 4 heteroatoms. The van der Waals surface area contributed by atoms with E-state index in [2.05, 4.69) is 18.7 Å². The van der Waals surface area contributed by atoms with E-state index < -0.39 is 0 Å². The summed E-state index contributed by atoms with van der Waals surface area (Å²) in [5.41, 5.74) is 0. The SMILES string of the molecule is CC(C)C1CN(N)CCN1CCCO. The van der Waals surface area contributed by atoms with Crippen molar-refractivity contribution < 1.29 is 5.11 Å². The molecule has 4 nitrogen and oxygen atoms in total. The Kier molecular flexibility index (Phi) is 4.81. The van der Waals surface area contributed by atoms with Crippen molar-refractivity contribution in [1.82, 2.24) is 9.91 Å². The maximum Gasteiger partial charge on any atom is 0.0443 e. The maximum absolute atomic E-state index is 8.81. The van der Waals surface area contributed by atoms with E-state index in [0.29, 0.717) is 12.0 Å². The van der Waals surface area contributed by atoms with E-state index >= 15 is 0 Å². The zero-order valence-electron chi connectivity index (χ0n) is 9.32. The van der Waals surface area contributed by atoms with Crippen LogP contribution in [-0.4, -0.2) is 53.8 Å². The molecule has 0 amide bonds. The van der Waals surface area contributed by atoms with Gasteiger partial charge in [0.1, 0.15) is 0 Å². The highest BCUT2D eigenvalue weighted by atomic mass is 16.3. The van der Waals surface area contributed by atoms with E-state index in [9.17, 15) is 0 Å². The van der Waals surface area contributed by atoms with Crippen molar-refractivity contribution in [1.29, 1.82) is 0 Å². The lowest BCUT2D eigenvalue weighted by molar-refractivity contribution is 0.0457. The molecule has 1 rings (SSSR count). The second-order valence-corrected chi connectivity index (χ2v) is 4.42. The fraction of sp³-hybridized carbons (Fsp3) is 1.00. The standard InChI is InChI=1S/C10H23N3O/c1-9(2)10-8-13(11)6-5-12(10)4-3-7-14/h9-10,14H,3-8,11H2,1-2H3. The second kappa shape index (κ2) is 5.66. The highest BCUT2D eigenvalue weighted by Gasteiger charge is 2.27. The van der Waals surface area contributed by atoms with Gasteiger partial charge in [-0.1, -0.05) is 13.8 Å². The van der Waals surface area contributed by atoms with Gasteiger partial charge in [-0.3, -0.25) is 10.7 Å². The van der Waals surface area contributed by atoms with Crippen molar-refractivity contribution in [3.05, 3.63) is 0 Å². The summed E-state index contributed by atoms with van der Waals surface area (Å²) in [4.78, 5) is 2.45. The average Bonchev–Trinajstić information content (AvgIpc) is 2.15. The van der Waals surface area contributed by atoms with Crippen LogP contribution in [0, 0.1) is 5.92 Å². The van der Waals surface area contributed by atoms with Crippen LogP contribution in [0.15, 0.2) is 0 Å². The first-order valence-corrected chi connectivity index (χ1v) is 5.49. The molecule has 0 aromatic rings. The van der Waals surface area contributed by atoms with Crippen LogP contribution in [0.1, 0.15) is 20.3 Å². The number of aliphatic hydroxyl groups is 1. The minimum atomic E-state index is 0.285. The molecule has 0 radical (unpaired) electrons. The lowest BCUT2D eigenvalue weighted by Gasteiger charge is -2.41. The third-order valence-corrected chi connectivity index (χ3v) is 2.94. The number of hydrogen-bond acceptors (Lipinski definition) is 4. The van der Waals surface area contributed by atoms with Crippen LogP contribution in [0.4, 0.5) is 0 Å². The first kappa shape index (κ1) is 11.9. The molecule has 0 aliphatic carbocycles. The monoisotopic (exact) mass is 201 g/mol. The molecule has 1 heterocycles. The maximum atomic E-state index is 8.81. The van der Waals surface area contributed by atoms with Crippen LogP contribution < -0.4 is 5.84 Å². The molecular formula is C10H23N3O. The van der Waals surface area contributed by atoms with Gasteiger partial charge < -0.3 is 5.11 Å². The van der Waals surface area contributed by atoms with Crippen molar-refractivity contribution in [3.63, 3.8) is 0 Å². The Balaban J connectivity index is 2.45. The van der Waals surface area contributed by atoms with Gasteiger partial charge in [-0.25, -0.2) is 5.01 Å². The third kappa shape index (κ3) is 3.20. The molecule has 1 unspecified atom stereocenters. The molecule has 0 spiro atoms. The first-order chi connectivity index (χ1) is 6.65. The summed E-state index contributed by atoms with van der Waals surface area (Å²) in [6, 6.07) is 0.542. The predicted octanol–water partition coefficient (Wildman–Crippen LogP) is -0.115. The van der Waals surface area contributed by atoms with Crippen LogP contribution >= 0.6 is 0 Å². The van der Waals surface area contributed by atoms with Gasteiger partial charge in [-0.05, 0) is 12.3 Å². The molecule has 0 aromatic carbocycles.